The minimum atomic E-state index is -1.22. The summed E-state index contributed by atoms with van der Waals surface area (Å²) in [4.78, 5) is 20.8. The summed E-state index contributed by atoms with van der Waals surface area (Å²) in [5.41, 5.74) is -0.415. The molecule has 0 radical (unpaired) electrons. The maximum Gasteiger partial charge on any atom is 0.339 e. The predicted molar refractivity (Wildman–Crippen MR) is 53.7 cm³/mol. The molecule has 6 nitrogen and oxygen atoms in total. The van der Waals surface area contributed by atoms with E-state index in [-0.39, 0.29) is 23.1 Å². The van der Waals surface area contributed by atoms with Crippen molar-refractivity contribution < 1.29 is 19.6 Å². The Morgan fingerprint density at radius 1 is 1.50 bits per heavy atom. The Balaban J connectivity index is 2.35. The number of aromatic carboxylic acids is 1. The molecule has 0 bridgehead atoms. The molecule has 0 amide bonds. The molecule has 6 heteroatoms. The number of benzene rings is 1. The zero-order valence-electron chi connectivity index (χ0n) is 8.25. The van der Waals surface area contributed by atoms with Crippen molar-refractivity contribution in [2.45, 2.75) is 18.9 Å². The van der Waals surface area contributed by atoms with Crippen LogP contribution in [0.15, 0.2) is 18.2 Å². The van der Waals surface area contributed by atoms with Crippen LogP contribution in [0.4, 0.5) is 5.69 Å². The highest BCUT2D eigenvalue weighted by Gasteiger charge is 2.26. The molecule has 0 saturated heterocycles. The lowest BCUT2D eigenvalue weighted by atomic mass is 10.2. The maximum absolute atomic E-state index is 10.9. The van der Waals surface area contributed by atoms with Crippen molar-refractivity contribution in [3.8, 4) is 5.75 Å². The van der Waals surface area contributed by atoms with Gasteiger partial charge in [-0.05, 0) is 18.9 Å². The molecule has 0 aromatic heterocycles. The average molecular weight is 223 g/mol. The summed E-state index contributed by atoms with van der Waals surface area (Å²) >= 11 is 0. The number of hydrogen-bond donors (Lipinski definition) is 1. The Labute approximate surface area is 90.6 Å². The van der Waals surface area contributed by atoms with Gasteiger partial charge in [0, 0.05) is 12.1 Å². The number of rotatable bonds is 4. The van der Waals surface area contributed by atoms with E-state index in [1.54, 1.807) is 0 Å². The summed E-state index contributed by atoms with van der Waals surface area (Å²) in [6.07, 6.45) is 1.85. The number of non-ortho nitro benzene ring substituents is 1. The van der Waals surface area contributed by atoms with Gasteiger partial charge in [0.05, 0.1) is 11.0 Å². The minimum Gasteiger partial charge on any atom is -0.490 e. The van der Waals surface area contributed by atoms with Crippen molar-refractivity contribution in [3.05, 3.63) is 33.9 Å². The smallest absolute Gasteiger partial charge is 0.339 e. The van der Waals surface area contributed by atoms with E-state index in [0.29, 0.717) is 0 Å². The van der Waals surface area contributed by atoms with E-state index in [9.17, 15) is 14.9 Å². The van der Waals surface area contributed by atoms with E-state index >= 15 is 0 Å². The summed E-state index contributed by atoms with van der Waals surface area (Å²) in [5.74, 6) is -1.03. The number of nitro benzene ring substituents is 1. The summed E-state index contributed by atoms with van der Waals surface area (Å²) in [6.45, 7) is 0. The molecule has 1 fully saturated rings. The Morgan fingerprint density at radius 2 is 2.19 bits per heavy atom. The quantitative estimate of drug-likeness (QED) is 0.621. The molecule has 1 aromatic rings. The van der Waals surface area contributed by atoms with Crippen LogP contribution >= 0.6 is 0 Å². The van der Waals surface area contributed by atoms with E-state index < -0.39 is 10.9 Å². The first kappa shape index (κ1) is 10.4. The lowest BCUT2D eigenvalue weighted by Gasteiger charge is -2.07. The lowest BCUT2D eigenvalue weighted by molar-refractivity contribution is -0.384. The number of nitro groups is 1. The molecule has 1 saturated carbocycles. The fraction of sp³-hybridized carbons (Fsp3) is 0.300. The van der Waals surface area contributed by atoms with Crippen LogP contribution in [0.25, 0.3) is 0 Å². The number of carboxylic acid groups (broad SMARTS) is 1. The molecular formula is C10H9NO5. The molecule has 1 aliphatic rings. The average Bonchev–Trinajstić information content (AvgIpc) is 3.01. The first-order valence-electron chi connectivity index (χ1n) is 4.76. The molecule has 1 N–H and O–H groups in total. The van der Waals surface area contributed by atoms with Gasteiger partial charge in [-0.2, -0.15) is 0 Å². The van der Waals surface area contributed by atoms with Crippen LogP contribution in [0.5, 0.6) is 5.75 Å². The first-order valence-corrected chi connectivity index (χ1v) is 4.76. The molecule has 1 aliphatic carbocycles. The molecule has 0 spiro atoms. The van der Waals surface area contributed by atoms with Crippen molar-refractivity contribution in [2.75, 3.05) is 0 Å². The largest absolute Gasteiger partial charge is 0.490 e. The van der Waals surface area contributed by atoms with Crippen molar-refractivity contribution in [2.24, 2.45) is 0 Å². The zero-order valence-corrected chi connectivity index (χ0v) is 8.25. The number of carboxylic acids is 1. The van der Waals surface area contributed by atoms with E-state index in [2.05, 4.69) is 0 Å². The Bertz CT molecular complexity index is 453. The first-order chi connectivity index (χ1) is 7.58. The van der Waals surface area contributed by atoms with Gasteiger partial charge in [0.25, 0.3) is 5.69 Å². The van der Waals surface area contributed by atoms with Crippen molar-refractivity contribution in [3.63, 3.8) is 0 Å². The fourth-order valence-corrected chi connectivity index (χ4v) is 1.27. The Morgan fingerprint density at radius 3 is 2.69 bits per heavy atom. The monoisotopic (exact) mass is 223 g/mol. The van der Waals surface area contributed by atoms with Gasteiger partial charge in [0.1, 0.15) is 11.3 Å². The molecule has 16 heavy (non-hydrogen) atoms. The van der Waals surface area contributed by atoms with Crippen molar-refractivity contribution >= 4 is 11.7 Å². The van der Waals surface area contributed by atoms with Crippen LogP contribution in [0.2, 0.25) is 0 Å². The van der Waals surface area contributed by atoms with Gasteiger partial charge in [-0.25, -0.2) is 4.79 Å². The zero-order chi connectivity index (χ0) is 11.7. The van der Waals surface area contributed by atoms with E-state index in [1.165, 1.54) is 12.1 Å². The summed E-state index contributed by atoms with van der Waals surface area (Å²) in [6, 6.07) is 3.59. The third-order valence-electron chi connectivity index (χ3n) is 2.22. The second-order valence-corrected chi connectivity index (χ2v) is 3.56. The third-order valence-corrected chi connectivity index (χ3v) is 2.22. The van der Waals surface area contributed by atoms with Gasteiger partial charge in [0.15, 0.2) is 0 Å². The molecule has 1 aromatic carbocycles. The second-order valence-electron chi connectivity index (χ2n) is 3.56. The van der Waals surface area contributed by atoms with Gasteiger partial charge < -0.3 is 9.84 Å². The van der Waals surface area contributed by atoms with Crippen LogP contribution in [0, 0.1) is 10.1 Å². The van der Waals surface area contributed by atoms with Gasteiger partial charge in [-0.1, -0.05) is 0 Å². The summed E-state index contributed by atoms with van der Waals surface area (Å²) < 4.78 is 5.35. The highest BCUT2D eigenvalue weighted by atomic mass is 16.6. The normalized spacial score (nSPS) is 14.5. The Kier molecular flexibility index (Phi) is 2.47. The van der Waals surface area contributed by atoms with Crippen LogP contribution in [-0.2, 0) is 0 Å². The molecule has 0 heterocycles. The number of nitrogens with zero attached hydrogens (tertiary/aromatic N) is 1. The molecule has 0 unspecified atom stereocenters. The van der Waals surface area contributed by atoms with Gasteiger partial charge in [-0.3, -0.25) is 10.1 Å². The number of hydrogen-bond acceptors (Lipinski definition) is 4. The molecule has 0 atom stereocenters. The minimum absolute atomic E-state index is 0.0551. The number of carbonyl (C=O) groups is 1. The van der Waals surface area contributed by atoms with Crippen molar-refractivity contribution in [1.82, 2.24) is 0 Å². The fourth-order valence-electron chi connectivity index (χ4n) is 1.27. The molecule has 0 aliphatic heterocycles. The number of ether oxygens (including phenoxy) is 1. The van der Waals surface area contributed by atoms with Crippen LogP contribution in [0.3, 0.4) is 0 Å². The SMILES string of the molecule is O=C(O)c1cc([N+](=O)[O-])ccc1OC1CC1. The second kappa shape index (κ2) is 3.80. The van der Waals surface area contributed by atoms with Crippen molar-refractivity contribution in [1.29, 1.82) is 0 Å². The van der Waals surface area contributed by atoms with Gasteiger partial charge in [0.2, 0.25) is 0 Å². The highest BCUT2D eigenvalue weighted by Crippen LogP contribution is 2.31. The Hall–Kier alpha value is -2.11. The third kappa shape index (κ3) is 2.10. The highest BCUT2D eigenvalue weighted by molar-refractivity contribution is 5.91. The summed E-state index contributed by atoms with van der Waals surface area (Å²) in [5, 5.41) is 19.4. The van der Waals surface area contributed by atoms with E-state index in [4.69, 9.17) is 9.84 Å². The van der Waals surface area contributed by atoms with E-state index in [1.807, 2.05) is 0 Å². The van der Waals surface area contributed by atoms with Gasteiger partial charge in [-0.15, -0.1) is 0 Å². The maximum atomic E-state index is 10.9. The van der Waals surface area contributed by atoms with Crippen LogP contribution < -0.4 is 4.74 Å². The van der Waals surface area contributed by atoms with E-state index in [0.717, 1.165) is 18.9 Å². The van der Waals surface area contributed by atoms with Gasteiger partial charge >= 0.3 is 5.97 Å². The standard InChI is InChI=1S/C10H9NO5/c12-10(13)8-5-6(11(14)15)1-4-9(8)16-7-2-3-7/h1,4-5,7H,2-3H2,(H,12,13). The molecule has 2 rings (SSSR count). The predicted octanol–water partition coefficient (Wildman–Crippen LogP) is 1.83. The van der Waals surface area contributed by atoms with Crippen LogP contribution in [0.1, 0.15) is 23.2 Å². The molecule has 84 valence electrons. The summed E-state index contributed by atoms with van der Waals surface area (Å²) in [7, 11) is 0. The topological polar surface area (TPSA) is 89.7 Å². The van der Waals surface area contributed by atoms with Crippen LogP contribution in [-0.4, -0.2) is 22.1 Å². The lowest BCUT2D eigenvalue weighted by Crippen LogP contribution is -2.05. The molecular weight excluding hydrogens is 214 g/mol.